The van der Waals surface area contributed by atoms with Gasteiger partial charge in [-0.3, -0.25) is 4.79 Å². The van der Waals surface area contributed by atoms with Crippen molar-refractivity contribution in [2.45, 2.75) is 6.42 Å². The van der Waals surface area contributed by atoms with E-state index < -0.39 is 16.0 Å². The highest BCUT2D eigenvalue weighted by atomic mass is 32.2. The van der Waals surface area contributed by atoms with Crippen LogP contribution in [0.5, 0.6) is 5.75 Å². The van der Waals surface area contributed by atoms with Gasteiger partial charge in [-0.25, -0.2) is 4.39 Å². The van der Waals surface area contributed by atoms with E-state index in [2.05, 4.69) is 0 Å². The van der Waals surface area contributed by atoms with E-state index in [0.717, 1.165) is 10.4 Å². The van der Waals surface area contributed by atoms with Gasteiger partial charge >= 0.3 is 0 Å². The van der Waals surface area contributed by atoms with Crippen molar-refractivity contribution in [2.75, 3.05) is 47.4 Å². The lowest BCUT2D eigenvalue weighted by Crippen LogP contribution is -2.42. The van der Waals surface area contributed by atoms with Crippen LogP contribution >= 0.6 is 0 Å². The molecule has 1 fully saturated rings. The molecule has 1 saturated heterocycles. The molecule has 2 rings (SSSR count). The van der Waals surface area contributed by atoms with Crippen LogP contribution in [-0.4, -0.2) is 75.2 Å². The molecule has 0 spiro atoms. The van der Waals surface area contributed by atoms with E-state index in [1.165, 1.54) is 42.5 Å². The lowest BCUT2D eigenvalue weighted by molar-refractivity contribution is 0.0760. The summed E-state index contributed by atoms with van der Waals surface area (Å²) < 4.78 is 45.5. The van der Waals surface area contributed by atoms with Crippen LogP contribution in [0.3, 0.4) is 0 Å². The van der Waals surface area contributed by atoms with E-state index >= 15 is 0 Å². The van der Waals surface area contributed by atoms with Gasteiger partial charge in [0.1, 0.15) is 11.6 Å². The topological polar surface area (TPSA) is 70.2 Å². The van der Waals surface area contributed by atoms with E-state index in [9.17, 15) is 17.6 Å². The number of ether oxygens (including phenoxy) is 1. The van der Waals surface area contributed by atoms with Crippen molar-refractivity contribution in [1.82, 2.24) is 13.5 Å². The SMILES string of the molecule is COc1ccc(F)cc1C(=O)N1CCCN(S(=O)(=O)N(C)C)CC1. The second kappa shape index (κ2) is 7.45. The normalized spacial score (nSPS) is 17.0. The highest BCUT2D eigenvalue weighted by Crippen LogP contribution is 2.22. The smallest absolute Gasteiger partial charge is 0.281 e. The first-order chi connectivity index (χ1) is 11.3. The van der Waals surface area contributed by atoms with Gasteiger partial charge in [-0.15, -0.1) is 0 Å². The van der Waals surface area contributed by atoms with Crippen molar-refractivity contribution in [2.24, 2.45) is 0 Å². The Labute approximate surface area is 141 Å². The van der Waals surface area contributed by atoms with E-state index in [-0.39, 0.29) is 24.6 Å². The van der Waals surface area contributed by atoms with E-state index in [4.69, 9.17) is 4.74 Å². The Morgan fingerprint density at radius 2 is 1.92 bits per heavy atom. The number of hydrogen-bond donors (Lipinski definition) is 0. The molecule has 0 aliphatic carbocycles. The summed E-state index contributed by atoms with van der Waals surface area (Å²) in [6.45, 7) is 1.18. The Bertz CT molecular complexity index is 709. The monoisotopic (exact) mass is 359 g/mol. The molecule has 134 valence electrons. The Balaban J connectivity index is 2.17. The van der Waals surface area contributed by atoms with Crippen molar-refractivity contribution in [3.8, 4) is 5.75 Å². The van der Waals surface area contributed by atoms with Crippen LogP contribution in [-0.2, 0) is 10.2 Å². The van der Waals surface area contributed by atoms with Crippen LogP contribution in [0.25, 0.3) is 0 Å². The fraction of sp³-hybridized carbons (Fsp3) is 0.533. The van der Waals surface area contributed by atoms with E-state index in [1.54, 1.807) is 0 Å². The summed E-state index contributed by atoms with van der Waals surface area (Å²) in [6.07, 6.45) is 0.510. The molecule has 1 heterocycles. The zero-order chi connectivity index (χ0) is 17.9. The van der Waals surface area contributed by atoms with Crippen molar-refractivity contribution >= 4 is 16.1 Å². The number of carbonyl (C=O) groups excluding carboxylic acids is 1. The fourth-order valence-electron chi connectivity index (χ4n) is 2.58. The molecule has 0 bridgehead atoms. The maximum absolute atomic E-state index is 13.5. The Hall–Kier alpha value is -1.71. The molecule has 1 aliphatic rings. The van der Waals surface area contributed by atoms with Gasteiger partial charge in [0.15, 0.2) is 0 Å². The number of benzene rings is 1. The van der Waals surface area contributed by atoms with Crippen LogP contribution < -0.4 is 4.74 Å². The first kappa shape index (κ1) is 18.6. The molecule has 0 atom stereocenters. The van der Waals surface area contributed by atoms with Gasteiger partial charge < -0.3 is 9.64 Å². The van der Waals surface area contributed by atoms with E-state index in [1.807, 2.05) is 0 Å². The number of carbonyl (C=O) groups is 1. The van der Waals surface area contributed by atoms with E-state index in [0.29, 0.717) is 25.3 Å². The van der Waals surface area contributed by atoms with Gasteiger partial charge in [-0.05, 0) is 24.6 Å². The average Bonchev–Trinajstić information content (AvgIpc) is 2.80. The molecule has 0 N–H and O–H groups in total. The number of nitrogens with zero attached hydrogens (tertiary/aromatic N) is 3. The lowest BCUT2D eigenvalue weighted by atomic mass is 10.1. The van der Waals surface area contributed by atoms with Gasteiger partial charge in [0.05, 0.1) is 12.7 Å². The van der Waals surface area contributed by atoms with Gasteiger partial charge in [-0.1, -0.05) is 0 Å². The van der Waals surface area contributed by atoms with Crippen molar-refractivity contribution in [3.05, 3.63) is 29.6 Å². The zero-order valence-electron chi connectivity index (χ0n) is 14.0. The Morgan fingerprint density at radius 1 is 1.21 bits per heavy atom. The maximum Gasteiger partial charge on any atom is 0.281 e. The number of rotatable bonds is 4. The number of halogens is 1. The third kappa shape index (κ3) is 3.85. The van der Waals surface area contributed by atoms with Crippen molar-refractivity contribution in [1.29, 1.82) is 0 Å². The molecule has 0 saturated carbocycles. The van der Waals surface area contributed by atoms with Gasteiger partial charge in [-0.2, -0.15) is 17.0 Å². The summed E-state index contributed by atoms with van der Waals surface area (Å²) in [6, 6.07) is 3.77. The molecule has 1 amide bonds. The second-order valence-electron chi connectivity index (χ2n) is 5.68. The second-order valence-corrected chi connectivity index (χ2v) is 7.82. The first-order valence-corrected chi connectivity index (χ1v) is 8.97. The van der Waals surface area contributed by atoms with Crippen LogP contribution in [0, 0.1) is 5.82 Å². The maximum atomic E-state index is 13.5. The van der Waals surface area contributed by atoms with Gasteiger partial charge in [0.2, 0.25) is 0 Å². The minimum Gasteiger partial charge on any atom is -0.496 e. The highest BCUT2D eigenvalue weighted by molar-refractivity contribution is 7.86. The first-order valence-electron chi connectivity index (χ1n) is 7.57. The Morgan fingerprint density at radius 3 is 2.54 bits per heavy atom. The number of methoxy groups -OCH3 is 1. The predicted molar refractivity (Wildman–Crippen MR) is 87.7 cm³/mol. The van der Waals surface area contributed by atoms with Gasteiger partial charge in [0, 0.05) is 40.3 Å². The molecule has 0 radical (unpaired) electrons. The molecule has 0 unspecified atom stereocenters. The minimum atomic E-state index is -3.51. The summed E-state index contributed by atoms with van der Waals surface area (Å²) in [5.41, 5.74) is 0.140. The van der Waals surface area contributed by atoms with Crippen LogP contribution in [0.4, 0.5) is 4.39 Å². The summed E-state index contributed by atoms with van der Waals surface area (Å²) in [7, 11) is 0.848. The summed E-state index contributed by atoms with van der Waals surface area (Å²) in [4.78, 5) is 14.2. The molecule has 0 aromatic heterocycles. The van der Waals surface area contributed by atoms with Crippen molar-refractivity contribution < 1.29 is 22.3 Å². The summed E-state index contributed by atoms with van der Waals surface area (Å²) in [5.74, 6) is -0.593. The molecular formula is C15H22FN3O4S. The Kier molecular flexibility index (Phi) is 5.79. The summed E-state index contributed by atoms with van der Waals surface area (Å²) in [5, 5.41) is 0. The fourth-order valence-corrected chi connectivity index (χ4v) is 3.71. The van der Waals surface area contributed by atoms with Crippen molar-refractivity contribution in [3.63, 3.8) is 0 Å². The third-order valence-corrected chi connectivity index (χ3v) is 5.86. The minimum absolute atomic E-state index is 0.140. The molecule has 24 heavy (non-hydrogen) atoms. The number of amides is 1. The molecule has 7 nitrogen and oxygen atoms in total. The predicted octanol–water partition coefficient (Wildman–Crippen LogP) is 0.789. The van der Waals surface area contributed by atoms with Gasteiger partial charge in [0.25, 0.3) is 16.1 Å². The third-order valence-electron chi connectivity index (χ3n) is 3.92. The largest absolute Gasteiger partial charge is 0.496 e. The lowest BCUT2D eigenvalue weighted by Gasteiger charge is -2.24. The average molecular weight is 359 g/mol. The summed E-state index contributed by atoms with van der Waals surface area (Å²) >= 11 is 0. The van der Waals surface area contributed by atoms with Crippen LogP contribution in [0.2, 0.25) is 0 Å². The molecule has 1 aliphatic heterocycles. The molecule has 9 heteroatoms. The highest BCUT2D eigenvalue weighted by Gasteiger charge is 2.29. The number of hydrogen-bond acceptors (Lipinski definition) is 4. The molecular weight excluding hydrogens is 337 g/mol. The zero-order valence-corrected chi connectivity index (χ0v) is 14.8. The molecule has 1 aromatic carbocycles. The van der Waals surface area contributed by atoms with Crippen LogP contribution in [0.1, 0.15) is 16.8 Å². The standard InChI is InChI=1S/C15H22FN3O4S/c1-17(2)24(21,22)19-8-4-7-18(9-10-19)15(20)13-11-12(16)5-6-14(13)23-3/h5-6,11H,4,7-10H2,1-3H3. The van der Waals surface area contributed by atoms with Crippen LogP contribution in [0.15, 0.2) is 18.2 Å². The molecule has 1 aromatic rings. The quantitative estimate of drug-likeness (QED) is 0.797.